The summed E-state index contributed by atoms with van der Waals surface area (Å²) in [6, 6.07) is 1.74. The molecule has 0 atom stereocenters. The van der Waals surface area contributed by atoms with Gasteiger partial charge in [-0.25, -0.2) is 17.6 Å². The molecule has 1 aliphatic rings. The first-order chi connectivity index (χ1) is 8.40. The molecule has 1 aliphatic heterocycles. The first-order valence-electron chi connectivity index (χ1n) is 4.76. The minimum Gasteiger partial charge on any atom is -0.465 e. The van der Waals surface area contributed by atoms with E-state index in [1.54, 1.807) is 0 Å². The summed E-state index contributed by atoms with van der Waals surface area (Å²) in [6.07, 6.45) is 0. The summed E-state index contributed by atoms with van der Waals surface area (Å²) in [5.41, 5.74) is -0.665. The summed E-state index contributed by atoms with van der Waals surface area (Å²) in [6.45, 7) is 0. The summed E-state index contributed by atoms with van der Waals surface area (Å²) >= 11 is 0. The number of hydrogen-bond donors (Lipinski definition) is 1. The molecule has 0 amide bonds. The summed E-state index contributed by atoms with van der Waals surface area (Å²) in [4.78, 5) is 11.0. The molecule has 0 spiro atoms. The standard InChI is InChI=1S/C10H8FNO5S/c1-17-10(13)5-3-9-6(2-7(5)11)8(12-14)4-18(9,15)16/h2-3,14H,4H2,1H3/b12-8+. The predicted octanol–water partition coefficient (Wildman–Crippen LogP) is 0.578. The van der Waals surface area contributed by atoms with E-state index in [9.17, 15) is 17.6 Å². The van der Waals surface area contributed by atoms with Gasteiger partial charge in [-0.1, -0.05) is 5.16 Å². The third kappa shape index (κ3) is 1.74. The Bertz CT molecular complexity index is 665. The molecule has 0 aromatic heterocycles. The van der Waals surface area contributed by atoms with Crippen LogP contribution in [-0.4, -0.2) is 38.2 Å². The first-order valence-corrected chi connectivity index (χ1v) is 6.42. The van der Waals surface area contributed by atoms with Crippen LogP contribution in [-0.2, 0) is 14.6 Å². The van der Waals surface area contributed by atoms with Gasteiger partial charge in [-0.05, 0) is 12.1 Å². The minimum atomic E-state index is -3.71. The topological polar surface area (TPSA) is 93.0 Å². The molecular weight excluding hydrogens is 265 g/mol. The van der Waals surface area contributed by atoms with Crippen molar-refractivity contribution in [3.05, 3.63) is 29.1 Å². The van der Waals surface area contributed by atoms with Crippen LogP contribution < -0.4 is 0 Å². The lowest BCUT2D eigenvalue weighted by Crippen LogP contribution is -2.07. The van der Waals surface area contributed by atoms with Crippen molar-refractivity contribution in [3.63, 3.8) is 0 Å². The van der Waals surface area contributed by atoms with Gasteiger partial charge in [0, 0.05) is 5.56 Å². The smallest absolute Gasteiger partial charge is 0.340 e. The Morgan fingerprint density at radius 1 is 1.50 bits per heavy atom. The van der Waals surface area contributed by atoms with Crippen molar-refractivity contribution >= 4 is 21.5 Å². The van der Waals surface area contributed by atoms with E-state index in [2.05, 4.69) is 9.89 Å². The molecule has 96 valence electrons. The van der Waals surface area contributed by atoms with Crippen molar-refractivity contribution in [2.24, 2.45) is 5.16 Å². The fourth-order valence-electron chi connectivity index (χ4n) is 1.72. The van der Waals surface area contributed by atoms with Gasteiger partial charge in [0.25, 0.3) is 0 Å². The Labute approximate surface area is 102 Å². The molecule has 1 heterocycles. The summed E-state index contributed by atoms with van der Waals surface area (Å²) in [5.74, 6) is -2.43. The van der Waals surface area contributed by atoms with Gasteiger partial charge in [-0.3, -0.25) is 0 Å². The molecule has 6 nitrogen and oxygen atoms in total. The fraction of sp³-hybridized carbons (Fsp3) is 0.200. The minimum absolute atomic E-state index is 0.0392. The van der Waals surface area contributed by atoms with E-state index in [1.807, 2.05) is 0 Å². The lowest BCUT2D eigenvalue weighted by Gasteiger charge is -2.04. The van der Waals surface area contributed by atoms with E-state index in [0.29, 0.717) is 0 Å². The number of hydrogen-bond acceptors (Lipinski definition) is 6. The highest BCUT2D eigenvalue weighted by molar-refractivity contribution is 7.92. The maximum absolute atomic E-state index is 13.6. The Hall–Kier alpha value is -1.96. The molecule has 0 saturated heterocycles. The van der Waals surface area contributed by atoms with E-state index < -0.39 is 32.9 Å². The number of nitrogens with zero attached hydrogens (tertiary/aromatic N) is 1. The lowest BCUT2D eigenvalue weighted by molar-refractivity contribution is 0.0595. The maximum atomic E-state index is 13.6. The van der Waals surface area contributed by atoms with Gasteiger partial charge < -0.3 is 9.94 Å². The molecule has 1 aromatic rings. The molecule has 0 radical (unpaired) electrons. The quantitative estimate of drug-likeness (QED) is 0.349. The fourth-order valence-corrected chi connectivity index (χ4v) is 3.26. The zero-order chi connectivity index (χ0) is 13.5. The second-order valence-electron chi connectivity index (χ2n) is 3.63. The average Bonchev–Trinajstić information content (AvgIpc) is 2.58. The number of methoxy groups -OCH3 is 1. The van der Waals surface area contributed by atoms with Crippen molar-refractivity contribution in [2.75, 3.05) is 12.9 Å². The van der Waals surface area contributed by atoms with Crippen LogP contribution >= 0.6 is 0 Å². The van der Waals surface area contributed by atoms with Crippen molar-refractivity contribution in [1.29, 1.82) is 0 Å². The third-order valence-corrected chi connectivity index (χ3v) is 4.23. The second-order valence-corrected chi connectivity index (χ2v) is 5.58. The van der Waals surface area contributed by atoms with Gasteiger partial charge in [0.1, 0.15) is 17.3 Å². The number of fused-ring (bicyclic) bond motifs is 1. The molecule has 0 unspecified atom stereocenters. The van der Waals surface area contributed by atoms with Crippen LogP contribution in [0, 0.1) is 5.82 Å². The van der Waals surface area contributed by atoms with Crippen LogP contribution in [0.2, 0.25) is 0 Å². The highest BCUT2D eigenvalue weighted by Gasteiger charge is 2.34. The molecule has 2 rings (SSSR count). The Kier molecular flexibility index (Phi) is 2.81. The molecule has 1 N–H and O–H groups in total. The van der Waals surface area contributed by atoms with E-state index >= 15 is 0 Å². The van der Waals surface area contributed by atoms with E-state index in [0.717, 1.165) is 19.2 Å². The summed E-state index contributed by atoms with van der Waals surface area (Å²) in [7, 11) is -2.65. The Morgan fingerprint density at radius 3 is 2.72 bits per heavy atom. The van der Waals surface area contributed by atoms with Gasteiger partial charge in [0.2, 0.25) is 0 Å². The van der Waals surface area contributed by atoms with E-state index in [4.69, 9.17) is 5.21 Å². The monoisotopic (exact) mass is 273 g/mol. The number of carbonyl (C=O) groups excluding carboxylic acids is 1. The molecule has 0 bridgehead atoms. The SMILES string of the molecule is COC(=O)c1cc2c(cc1F)/C(=N/O)CS2(=O)=O. The molecule has 0 aliphatic carbocycles. The number of halogens is 1. The number of carbonyl (C=O) groups is 1. The number of esters is 1. The van der Waals surface area contributed by atoms with Gasteiger partial charge in [-0.15, -0.1) is 0 Å². The van der Waals surface area contributed by atoms with Crippen molar-refractivity contribution in [3.8, 4) is 0 Å². The zero-order valence-corrected chi connectivity index (χ0v) is 9.99. The van der Waals surface area contributed by atoms with Crippen molar-refractivity contribution in [2.45, 2.75) is 4.90 Å². The second kappa shape index (κ2) is 4.05. The van der Waals surface area contributed by atoms with Crippen molar-refractivity contribution < 1.29 is 27.5 Å². The van der Waals surface area contributed by atoms with Crippen LogP contribution in [0.3, 0.4) is 0 Å². The molecular formula is C10H8FNO5S. The highest BCUT2D eigenvalue weighted by Crippen LogP contribution is 2.29. The lowest BCUT2D eigenvalue weighted by atomic mass is 10.1. The van der Waals surface area contributed by atoms with Crippen LogP contribution in [0.1, 0.15) is 15.9 Å². The highest BCUT2D eigenvalue weighted by atomic mass is 32.2. The number of oxime groups is 1. The van der Waals surface area contributed by atoms with Gasteiger partial charge in [0.15, 0.2) is 9.84 Å². The summed E-state index contributed by atoms with van der Waals surface area (Å²) in [5, 5.41) is 11.5. The number of ether oxygens (including phenoxy) is 1. The van der Waals surface area contributed by atoms with Crippen molar-refractivity contribution in [1.82, 2.24) is 0 Å². The molecule has 18 heavy (non-hydrogen) atoms. The van der Waals surface area contributed by atoms with Gasteiger partial charge in [0.05, 0.1) is 17.6 Å². The normalized spacial score (nSPS) is 18.7. The zero-order valence-electron chi connectivity index (χ0n) is 9.18. The first kappa shape index (κ1) is 12.5. The van der Waals surface area contributed by atoms with Crippen LogP contribution in [0.15, 0.2) is 22.2 Å². The number of rotatable bonds is 1. The predicted molar refractivity (Wildman–Crippen MR) is 58.1 cm³/mol. The van der Waals surface area contributed by atoms with E-state index in [1.165, 1.54) is 0 Å². The van der Waals surface area contributed by atoms with Crippen LogP contribution in [0.5, 0.6) is 0 Å². The maximum Gasteiger partial charge on any atom is 0.340 e. The third-order valence-electron chi connectivity index (χ3n) is 2.57. The Balaban J connectivity index is 2.74. The van der Waals surface area contributed by atoms with Crippen LogP contribution in [0.25, 0.3) is 0 Å². The molecule has 8 heteroatoms. The number of benzene rings is 1. The Morgan fingerprint density at radius 2 is 2.17 bits per heavy atom. The number of sulfone groups is 1. The van der Waals surface area contributed by atoms with Gasteiger partial charge in [-0.2, -0.15) is 0 Å². The summed E-state index contributed by atoms with van der Waals surface area (Å²) < 4.78 is 41.4. The van der Waals surface area contributed by atoms with Crippen LogP contribution in [0.4, 0.5) is 4.39 Å². The largest absolute Gasteiger partial charge is 0.465 e. The van der Waals surface area contributed by atoms with Gasteiger partial charge >= 0.3 is 5.97 Å². The molecule has 1 aromatic carbocycles. The average molecular weight is 273 g/mol. The molecule has 0 saturated carbocycles. The van der Waals surface area contributed by atoms with E-state index in [-0.39, 0.29) is 16.2 Å². The molecule has 0 fully saturated rings.